The number of carbonyl (C=O) groups is 2. The van der Waals surface area contributed by atoms with E-state index in [4.69, 9.17) is 11.6 Å². The zero-order chi connectivity index (χ0) is 13.3. The fourth-order valence-electron chi connectivity index (χ4n) is 1.92. The first-order chi connectivity index (χ1) is 8.49. The molecule has 1 amide bonds. The number of rotatable bonds is 2. The summed E-state index contributed by atoms with van der Waals surface area (Å²) < 4.78 is 13.8. The lowest BCUT2D eigenvalue weighted by Crippen LogP contribution is -2.26. The normalized spacial score (nSPS) is 19.4. The van der Waals surface area contributed by atoms with E-state index >= 15 is 0 Å². The minimum atomic E-state index is -0.596. The van der Waals surface area contributed by atoms with Crippen LogP contribution in [-0.2, 0) is 9.59 Å². The van der Waals surface area contributed by atoms with Crippen LogP contribution in [-0.4, -0.2) is 22.8 Å². The molecule has 0 spiro atoms. The van der Waals surface area contributed by atoms with Crippen LogP contribution < -0.4 is 4.90 Å². The van der Waals surface area contributed by atoms with Crippen molar-refractivity contribution in [2.24, 2.45) is 0 Å². The van der Waals surface area contributed by atoms with E-state index in [-0.39, 0.29) is 33.4 Å². The predicted molar refractivity (Wildman–Crippen MR) is 70.4 cm³/mol. The third-order valence-electron chi connectivity index (χ3n) is 2.64. The average Bonchev–Trinajstić information content (AvgIpc) is 2.62. The molecule has 1 heterocycles. The number of amides is 1. The highest BCUT2D eigenvalue weighted by Crippen LogP contribution is 2.32. The molecule has 1 aromatic carbocycles. The number of benzene rings is 1. The molecule has 2 rings (SSSR count). The molecule has 1 aliphatic heterocycles. The van der Waals surface area contributed by atoms with E-state index in [1.54, 1.807) is 6.07 Å². The van der Waals surface area contributed by atoms with Crippen molar-refractivity contribution in [2.75, 3.05) is 11.4 Å². The van der Waals surface area contributed by atoms with Crippen LogP contribution >= 0.6 is 23.4 Å². The third-order valence-corrected chi connectivity index (χ3v) is 3.92. The summed E-state index contributed by atoms with van der Waals surface area (Å²) in [6.45, 7) is 1.79. The summed E-state index contributed by atoms with van der Waals surface area (Å²) in [4.78, 5) is 24.2. The van der Waals surface area contributed by atoms with Crippen LogP contribution in [0.3, 0.4) is 0 Å². The Hall–Kier alpha value is -1.07. The van der Waals surface area contributed by atoms with Crippen LogP contribution in [0.4, 0.5) is 10.1 Å². The molecule has 96 valence electrons. The Morgan fingerprint density at radius 2 is 2.28 bits per heavy atom. The van der Waals surface area contributed by atoms with Gasteiger partial charge in [-0.1, -0.05) is 29.4 Å². The van der Waals surface area contributed by atoms with Crippen LogP contribution in [0.2, 0.25) is 5.02 Å². The molecule has 0 radical (unpaired) electrons. The van der Waals surface area contributed by atoms with Gasteiger partial charge in [-0.2, -0.15) is 0 Å². The minimum absolute atomic E-state index is 0.0111. The van der Waals surface area contributed by atoms with Gasteiger partial charge in [0, 0.05) is 25.1 Å². The van der Waals surface area contributed by atoms with Crippen molar-refractivity contribution in [1.82, 2.24) is 0 Å². The zero-order valence-corrected chi connectivity index (χ0v) is 11.2. The highest BCUT2D eigenvalue weighted by molar-refractivity contribution is 8.14. The Morgan fingerprint density at radius 1 is 1.56 bits per heavy atom. The second kappa shape index (κ2) is 5.28. The third kappa shape index (κ3) is 2.67. The summed E-state index contributed by atoms with van der Waals surface area (Å²) in [6, 6.07) is 4.54. The van der Waals surface area contributed by atoms with Crippen molar-refractivity contribution >= 4 is 40.1 Å². The Bertz CT molecular complexity index is 509. The highest BCUT2D eigenvalue weighted by Gasteiger charge is 2.33. The van der Waals surface area contributed by atoms with Crippen LogP contribution in [0.15, 0.2) is 18.2 Å². The molecule has 1 aromatic rings. The molecule has 0 N–H and O–H groups in total. The van der Waals surface area contributed by atoms with E-state index in [2.05, 4.69) is 0 Å². The van der Waals surface area contributed by atoms with E-state index in [9.17, 15) is 14.0 Å². The molecule has 1 atom stereocenters. The fraction of sp³-hybridized carbons (Fsp3) is 0.333. The monoisotopic (exact) mass is 287 g/mol. The topological polar surface area (TPSA) is 37.4 Å². The molecular formula is C12H11ClFNO2S. The average molecular weight is 288 g/mol. The Kier molecular flexibility index (Phi) is 3.92. The zero-order valence-electron chi connectivity index (χ0n) is 9.65. The number of hydrogen-bond acceptors (Lipinski definition) is 3. The van der Waals surface area contributed by atoms with Gasteiger partial charge in [-0.05, 0) is 12.1 Å². The molecule has 18 heavy (non-hydrogen) atoms. The number of thioether (sulfide) groups is 1. The Morgan fingerprint density at radius 3 is 2.94 bits per heavy atom. The highest BCUT2D eigenvalue weighted by atomic mass is 35.5. The standard InChI is InChI=1S/C12H11ClFNO2S/c1-7(16)18-8-5-11(17)15(6-8)10-4-2-3-9(13)12(10)14/h2-4,8H,5-6H2,1H3. The summed E-state index contributed by atoms with van der Waals surface area (Å²) >= 11 is 6.81. The number of nitrogens with zero attached hydrogens (tertiary/aromatic N) is 1. The van der Waals surface area contributed by atoms with Gasteiger partial charge in [-0.15, -0.1) is 0 Å². The smallest absolute Gasteiger partial charge is 0.228 e. The minimum Gasteiger partial charge on any atom is -0.308 e. The van der Waals surface area contributed by atoms with Gasteiger partial charge >= 0.3 is 0 Å². The first kappa shape index (κ1) is 13.4. The first-order valence-corrected chi connectivity index (χ1v) is 6.66. The maximum atomic E-state index is 13.8. The van der Waals surface area contributed by atoms with Gasteiger partial charge in [0.15, 0.2) is 10.9 Å². The quantitative estimate of drug-likeness (QED) is 0.839. The van der Waals surface area contributed by atoms with E-state index in [1.807, 2.05) is 0 Å². The van der Waals surface area contributed by atoms with E-state index in [0.29, 0.717) is 6.54 Å². The second-order valence-electron chi connectivity index (χ2n) is 4.01. The maximum Gasteiger partial charge on any atom is 0.228 e. The van der Waals surface area contributed by atoms with Crippen LogP contribution in [0.5, 0.6) is 0 Å². The molecule has 0 bridgehead atoms. The largest absolute Gasteiger partial charge is 0.308 e. The lowest BCUT2D eigenvalue weighted by molar-refractivity contribution is -0.117. The maximum absolute atomic E-state index is 13.8. The molecule has 6 heteroatoms. The molecule has 3 nitrogen and oxygen atoms in total. The van der Waals surface area contributed by atoms with Gasteiger partial charge in [0.05, 0.1) is 10.7 Å². The SMILES string of the molecule is CC(=O)SC1CC(=O)N(c2cccc(Cl)c2F)C1. The summed E-state index contributed by atoms with van der Waals surface area (Å²) in [7, 11) is 0. The summed E-state index contributed by atoms with van der Waals surface area (Å²) in [5.74, 6) is -0.782. The van der Waals surface area contributed by atoms with E-state index in [1.165, 1.54) is 24.0 Å². The lowest BCUT2D eigenvalue weighted by Gasteiger charge is -2.17. The number of carbonyl (C=O) groups excluding carboxylic acids is 2. The first-order valence-electron chi connectivity index (χ1n) is 5.40. The molecule has 1 saturated heterocycles. The summed E-state index contributed by atoms with van der Waals surface area (Å²) in [6.07, 6.45) is 0.246. The van der Waals surface area contributed by atoms with Crippen LogP contribution in [0.1, 0.15) is 13.3 Å². The number of halogens is 2. The van der Waals surface area contributed by atoms with Crippen molar-refractivity contribution in [2.45, 2.75) is 18.6 Å². The number of anilines is 1. The van der Waals surface area contributed by atoms with Crippen molar-refractivity contribution < 1.29 is 14.0 Å². The Balaban J connectivity index is 2.22. The Labute approximate surface area is 113 Å². The van der Waals surface area contributed by atoms with E-state index in [0.717, 1.165) is 11.8 Å². The molecule has 0 aromatic heterocycles. The lowest BCUT2D eigenvalue weighted by atomic mass is 10.3. The second-order valence-corrected chi connectivity index (χ2v) is 5.90. The van der Waals surface area contributed by atoms with E-state index < -0.39 is 5.82 Å². The van der Waals surface area contributed by atoms with Gasteiger partial charge in [0.2, 0.25) is 5.91 Å². The van der Waals surface area contributed by atoms with Crippen LogP contribution in [0.25, 0.3) is 0 Å². The predicted octanol–water partition coefficient (Wildman–Crippen LogP) is 2.86. The van der Waals surface area contributed by atoms with Gasteiger partial charge in [0.25, 0.3) is 0 Å². The van der Waals surface area contributed by atoms with Crippen molar-refractivity contribution in [3.63, 3.8) is 0 Å². The number of hydrogen-bond donors (Lipinski definition) is 0. The van der Waals surface area contributed by atoms with Gasteiger partial charge in [-0.3, -0.25) is 9.59 Å². The molecule has 1 fully saturated rings. The summed E-state index contributed by atoms with van der Waals surface area (Å²) in [5.41, 5.74) is 0.180. The molecular weight excluding hydrogens is 277 g/mol. The van der Waals surface area contributed by atoms with Crippen LogP contribution in [0, 0.1) is 5.82 Å². The van der Waals surface area contributed by atoms with Crippen molar-refractivity contribution in [3.8, 4) is 0 Å². The molecule has 1 unspecified atom stereocenters. The van der Waals surface area contributed by atoms with Gasteiger partial charge in [0.1, 0.15) is 0 Å². The van der Waals surface area contributed by atoms with Gasteiger partial charge in [-0.25, -0.2) is 4.39 Å². The fourth-order valence-corrected chi connectivity index (χ4v) is 3.01. The van der Waals surface area contributed by atoms with Gasteiger partial charge < -0.3 is 4.90 Å². The summed E-state index contributed by atoms with van der Waals surface area (Å²) in [5, 5.41) is -0.169. The van der Waals surface area contributed by atoms with Crippen molar-refractivity contribution in [3.05, 3.63) is 29.0 Å². The molecule has 1 aliphatic rings. The molecule has 0 aliphatic carbocycles. The molecule has 0 saturated carbocycles. The van der Waals surface area contributed by atoms with Crippen molar-refractivity contribution in [1.29, 1.82) is 0 Å².